The van der Waals surface area contributed by atoms with Crippen LogP contribution in [0.25, 0.3) is 0 Å². The van der Waals surface area contributed by atoms with E-state index in [1.165, 1.54) is 0 Å². The van der Waals surface area contributed by atoms with Gasteiger partial charge in [0.15, 0.2) is 11.5 Å². The highest BCUT2D eigenvalue weighted by atomic mass is 16.5. The van der Waals surface area contributed by atoms with Gasteiger partial charge in [0.1, 0.15) is 17.9 Å². The Morgan fingerprint density at radius 2 is 1.65 bits per heavy atom. The van der Waals surface area contributed by atoms with E-state index in [-0.39, 0.29) is 6.61 Å². The Bertz CT molecular complexity index is 603. The molecule has 0 fully saturated rings. The molecule has 0 saturated carbocycles. The molecule has 0 bridgehead atoms. The minimum absolute atomic E-state index is 0.0959. The second kappa shape index (κ2) is 6.09. The number of nitrogens with two attached hydrogens (primary N) is 1. The topological polar surface area (TPSA) is 68.3 Å². The van der Waals surface area contributed by atoms with Crippen LogP contribution in [-0.4, -0.2) is 12.1 Å². The highest BCUT2D eigenvalue weighted by molar-refractivity contribution is 5.42. The van der Waals surface area contributed by atoms with E-state index in [1.54, 1.807) is 13.0 Å². The predicted octanol–water partition coefficient (Wildman–Crippen LogP) is 3.10. The van der Waals surface area contributed by atoms with E-state index in [9.17, 15) is 0 Å². The summed E-state index contributed by atoms with van der Waals surface area (Å²) in [6.07, 6.45) is 0. The van der Waals surface area contributed by atoms with Gasteiger partial charge in [0, 0.05) is 0 Å². The van der Waals surface area contributed by atoms with Crippen LogP contribution in [0.3, 0.4) is 0 Å². The molecule has 0 aliphatic rings. The van der Waals surface area contributed by atoms with E-state index in [0.29, 0.717) is 11.5 Å². The first-order valence-corrected chi connectivity index (χ1v) is 6.25. The number of hydrogen-bond acceptors (Lipinski definition) is 4. The van der Waals surface area contributed by atoms with Crippen molar-refractivity contribution < 1.29 is 9.47 Å². The third-order valence-corrected chi connectivity index (χ3v) is 2.60. The molecule has 0 heterocycles. The summed E-state index contributed by atoms with van der Waals surface area (Å²) in [4.78, 5) is 0. The Hall–Kier alpha value is -2.51. The third kappa shape index (κ3) is 3.74. The zero-order valence-electron chi connectivity index (χ0n) is 11.2. The molecular formula is C16H16N2O2. The Kier molecular flexibility index (Phi) is 4.24. The van der Waals surface area contributed by atoms with Crippen LogP contribution >= 0.6 is 0 Å². The van der Waals surface area contributed by atoms with Gasteiger partial charge in [0.05, 0.1) is 6.07 Å². The maximum Gasteiger partial charge on any atom is 0.169 e. The van der Waals surface area contributed by atoms with Gasteiger partial charge >= 0.3 is 0 Å². The maximum absolute atomic E-state index is 8.89. The van der Waals surface area contributed by atoms with Crippen LogP contribution in [0.5, 0.6) is 17.2 Å². The van der Waals surface area contributed by atoms with Gasteiger partial charge in [-0.25, -0.2) is 0 Å². The molecule has 0 aromatic heterocycles. The molecule has 0 spiro atoms. The molecule has 0 aliphatic carbocycles. The molecule has 0 amide bonds. The first kappa shape index (κ1) is 13.9. The van der Waals surface area contributed by atoms with E-state index < -0.39 is 5.54 Å². The summed E-state index contributed by atoms with van der Waals surface area (Å²) in [6.45, 7) is 1.71. The van der Waals surface area contributed by atoms with E-state index in [0.717, 1.165) is 5.75 Å². The lowest BCUT2D eigenvalue weighted by Crippen LogP contribution is -2.40. The van der Waals surface area contributed by atoms with Crippen molar-refractivity contribution in [1.29, 1.82) is 5.26 Å². The summed E-state index contributed by atoms with van der Waals surface area (Å²) >= 11 is 0. The molecule has 1 unspecified atom stereocenters. The lowest BCUT2D eigenvalue weighted by Gasteiger charge is -2.18. The first-order valence-electron chi connectivity index (χ1n) is 6.25. The molecule has 0 saturated heterocycles. The van der Waals surface area contributed by atoms with Gasteiger partial charge in [0.2, 0.25) is 0 Å². The molecule has 0 radical (unpaired) electrons. The standard InChI is InChI=1S/C16H16N2O2/c1-16(18,11-17)12-19-14-9-5-6-10-15(14)20-13-7-3-2-4-8-13/h2-10H,12,18H2,1H3. The molecular weight excluding hydrogens is 252 g/mol. The second-order valence-electron chi connectivity index (χ2n) is 4.68. The van der Waals surface area contributed by atoms with Crippen LogP contribution in [-0.2, 0) is 0 Å². The molecule has 4 heteroatoms. The summed E-state index contributed by atoms with van der Waals surface area (Å²) in [6, 6.07) is 18.7. The van der Waals surface area contributed by atoms with Crippen molar-refractivity contribution in [2.24, 2.45) is 5.73 Å². The second-order valence-corrected chi connectivity index (χ2v) is 4.68. The fraction of sp³-hybridized carbons (Fsp3) is 0.188. The van der Waals surface area contributed by atoms with Crippen LogP contribution in [0.15, 0.2) is 54.6 Å². The zero-order valence-corrected chi connectivity index (χ0v) is 11.2. The van der Waals surface area contributed by atoms with Crippen LogP contribution in [0.1, 0.15) is 6.92 Å². The highest BCUT2D eigenvalue weighted by Crippen LogP contribution is 2.31. The zero-order chi connectivity index (χ0) is 14.4. The molecule has 102 valence electrons. The molecule has 20 heavy (non-hydrogen) atoms. The SMILES string of the molecule is CC(N)(C#N)COc1ccccc1Oc1ccccc1. The molecule has 2 aromatic carbocycles. The summed E-state index contributed by atoms with van der Waals surface area (Å²) in [7, 11) is 0. The lowest BCUT2D eigenvalue weighted by atomic mass is 10.1. The van der Waals surface area contributed by atoms with Crippen molar-refractivity contribution >= 4 is 0 Å². The average molecular weight is 268 g/mol. The van der Waals surface area contributed by atoms with Crippen LogP contribution in [0.2, 0.25) is 0 Å². The van der Waals surface area contributed by atoms with E-state index >= 15 is 0 Å². The maximum atomic E-state index is 8.89. The number of nitrogens with zero attached hydrogens (tertiary/aromatic N) is 1. The number of para-hydroxylation sites is 3. The summed E-state index contributed by atoms with van der Waals surface area (Å²) < 4.78 is 11.4. The van der Waals surface area contributed by atoms with Gasteiger partial charge in [-0.3, -0.25) is 0 Å². The lowest BCUT2D eigenvalue weighted by molar-refractivity contribution is 0.255. The highest BCUT2D eigenvalue weighted by Gasteiger charge is 2.19. The van der Waals surface area contributed by atoms with Gasteiger partial charge in [-0.05, 0) is 31.2 Å². The monoisotopic (exact) mass is 268 g/mol. The average Bonchev–Trinajstić information content (AvgIpc) is 2.47. The van der Waals surface area contributed by atoms with Gasteiger partial charge in [-0.1, -0.05) is 30.3 Å². The summed E-state index contributed by atoms with van der Waals surface area (Å²) in [5.41, 5.74) is 4.71. The van der Waals surface area contributed by atoms with Gasteiger partial charge in [0.25, 0.3) is 0 Å². The molecule has 4 nitrogen and oxygen atoms in total. The smallest absolute Gasteiger partial charge is 0.169 e. The Balaban J connectivity index is 2.13. The Morgan fingerprint density at radius 1 is 1.05 bits per heavy atom. The number of rotatable bonds is 5. The van der Waals surface area contributed by atoms with Crippen molar-refractivity contribution in [3.8, 4) is 23.3 Å². The Morgan fingerprint density at radius 3 is 2.30 bits per heavy atom. The van der Waals surface area contributed by atoms with E-state index in [1.807, 2.05) is 54.6 Å². The molecule has 2 rings (SSSR count). The van der Waals surface area contributed by atoms with Gasteiger partial charge in [-0.2, -0.15) is 5.26 Å². The van der Waals surface area contributed by atoms with Crippen LogP contribution in [0.4, 0.5) is 0 Å². The largest absolute Gasteiger partial charge is 0.487 e. The van der Waals surface area contributed by atoms with E-state index in [4.69, 9.17) is 20.5 Å². The van der Waals surface area contributed by atoms with E-state index in [2.05, 4.69) is 0 Å². The Labute approximate surface area is 118 Å². The predicted molar refractivity (Wildman–Crippen MR) is 76.7 cm³/mol. The molecule has 2 aromatic rings. The van der Waals surface area contributed by atoms with Crippen molar-refractivity contribution in [1.82, 2.24) is 0 Å². The normalized spacial score (nSPS) is 13.1. The van der Waals surface area contributed by atoms with Crippen molar-refractivity contribution in [2.45, 2.75) is 12.5 Å². The van der Waals surface area contributed by atoms with Gasteiger partial charge < -0.3 is 15.2 Å². The van der Waals surface area contributed by atoms with Crippen molar-refractivity contribution in [2.75, 3.05) is 6.61 Å². The minimum atomic E-state index is -1.03. The van der Waals surface area contributed by atoms with Crippen molar-refractivity contribution in [3.63, 3.8) is 0 Å². The molecule has 0 aliphatic heterocycles. The fourth-order valence-corrected chi connectivity index (χ4v) is 1.53. The third-order valence-electron chi connectivity index (χ3n) is 2.60. The molecule has 1 atom stereocenters. The number of benzene rings is 2. The summed E-state index contributed by atoms with van der Waals surface area (Å²) in [5, 5.41) is 8.89. The van der Waals surface area contributed by atoms with Crippen LogP contribution < -0.4 is 15.2 Å². The first-order chi connectivity index (χ1) is 9.61. The minimum Gasteiger partial charge on any atom is -0.487 e. The van der Waals surface area contributed by atoms with Crippen LogP contribution in [0, 0.1) is 11.3 Å². The number of hydrogen-bond donors (Lipinski definition) is 1. The fourth-order valence-electron chi connectivity index (χ4n) is 1.53. The number of nitriles is 1. The number of ether oxygens (including phenoxy) is 2. The summed E-state index contributed by atoms with van der Waals surface area (Å²) in [5.74, 6) is 1.87. The quantitative estimate of drug-likeness (QED) is 0.904. The molecule has 2 N–H and O–H groups in total. The van der Waals surface area contributed by atoms with Gasteiger partial charge in [-0.15, -0.1) is 0 Å². The van der Waals surface area contributed by atoms with Crippen molar-refractivity contribution in [3.05, 3.63) is 54.6 Å².